The fourth-order valence-electron chi connectivity index (χ4n) is 4.01. The molecule has 5 rings (SSSR count). The molecule has 0 heterocycles. The van der Waals surface area contributed by atoms with Crippen LogP contribution < -0.4 is 0 Å². The minimum absolute atomic E-state index is 1.30. The van der Waals surface area contributed by atoms with E-state index in [1.54, 1.807) is 0 Å². The average molecular weight is 306 g/mol. The molecule has 0 radical (unpaired) electrons. The van der Waals surface area contributed by atoms with E-state index in [0.29, 0.717) is 0 Å². The summed E-state index contributed by atoms with van der Waals surface area (Å²) in [7, 11) is 0. The Labute approximate surface area is 141 Å². The summed E-state index contributed by atoms with van der Waals surface area (Å²) in [6, 6.07) is 26.9. The van der Waals surface area contributed by atoms with Gasteiger partial charge in [-0.1, -0.05) is 78.4 Å². The Morgan fingerprint density at radius 1 is 0.583 bits per heavy atom. The number of hydrogen-bond acceptors (Lipinski definition) is 0. The Morgan fingerprint density at radius 3 is 2.04 bits per heavy atom. The molecule has 0 saturated carbocycles. The van der Waals surface area contributed by atoms with E-state index in [0.717, 1.165) is 0 Å². The zero-order valence-electron chi connectivity index (χ0n) is 13.9. The van der Waals surface area contributed by atoms with Crippen LogP contribution in [0.5, 0.6) is 0 Å². The van der Waals surface area contributed by atoms with Crippen molar-refractivity contribution in [1.82, 2.24) is 0 Å². The van der Waals surface area contributed by atoms with Gasteiger partial charge in [0.15, 0.2) is 0 Å². The lowest BCUT2D eigenvalue weighted by atomic mass is 9.88. The maximum atomic E-state index is 2.29. The molecule has 0 amide bonds. The van der Waals surface area contributed by atoms with E-state index in [9.17, 15) is 0 Å². The highest BCUT2D eigenvalue weighted by molar-refractivity contribution is 6.25. The van der Waals surface area contributed by atoms with E-state index < -0.39 is 0 Å². The van der Waals surface area contributed by atoms with Gasteiger partial charge in [0.05, 0.1) is 0 Å². The Hall–Kier alpha value is -2.86. The van der Waals surface area contributed by atoms with Crippen LogP contribution in [0.15, 0.2) is 72.8 Å². The molecule has 0 spiro atoms. The molecule has 0 nitrogen and oxygen atoms in total. The van der Waals surface area contributed by atoms with E-state index in [1.807, 2.05) is 0 Å². The molecule has 0 aliphatic rings. The summed E-state index contributed by atoms with van der Waals surface area (Å²) in [6.45, 7) is 4.36. The normalized spacial score (nSPS) is 11.8. The predicted octanol–water partition coefficient (Wildman–Crippen LogP) is 6.87. The molecule has 0 heteroatoms. The van der Waals surface area contributed by atoms with Crippen LogP contribution in [0.1, 0.15) is 11.1 Å². The summed E-state index contributed by atoms with van der Waals surface area (Å²) < 4.78 is 0. The molecule has 5 aromatic rings. The van der Waals surface area contributed by atoms with Gasteiger partial charge in [-0.15, -0.1) is 0 Å². The Bertz CT molecular complexity index is 1210. The van der Waals surface area contributed by atoms with Crippen molar-refractivity contribution >= 4 is 32.3 Å². The lowest BCUT2D eigenvalue weighted by molar-refractivity contribution is 1.47. The zero-order chi connectivity index (χ0) is 16.3. The third-order valence-electron chi connectivity index (χ3n) is 5.21. The van der Waals surface area contributed by atoms with Gasteiger partial charge in [0.25, 0.3) is 0 Å². The standard InChI is InChI=1S/C24H18/c1-15-4-3-5-19(14-15)21-12-9-18-8-11-20-16(2)6-7-17-10-13-22(21)24(18)23(17)20/h3-14H,1-2H3. The second-order valence-electron chi connectivity index (χ2n) is 6.79. The van der Waals surface area contributed by atoms with Gasteiger partial charge in [0.2, 0.25) is 0 Å². The maximum Gasteiger partial charge on any atom is -0.00205 e. The Kier molecular flexibility index (Phi) is 2.72. The average Bonchev–Trinajstić information content (AvgIpc) is 2.61. The van der Waals surface area contributed by atoms with E-state index in [4.69, 9.17) is 0 Å². The van der Waals surface area contributed by atoms with Crippen molar-refractivity contribution in [3.63, 3.8) is 0 Å². The molecule has 0 unspecified atom stereocenters. The third kappa shape index (κ3) is 1.80. The molecular formula is C24H18. The molecule has 24 heavy (non-hydrogen) atoms. The summed E-state index contributed by atoms with van der Waals surface area (Å²) in [6.07, 6.45) is 0. The highest BCUT2D eigenvalue weighted by Gasteiger charge is 2.12. The predicted molar refractivity (Wildman–Crippen MR) is 105 cm³/mol. The number of rotatable bonds is 1. The molecule has 0 aliphatic heterocycles. The minimum atomic E-state index is 1.30. The van der Waals surface area contributed by atoms with Crippen LogP contribution in [0.25, 0.3) is 43.4 Å². The second kappa shape index (κ2) is 4.82. The summed E-state index contributed by atoms with van der Waals surface area (Å²) >= 11 is 0. The van der Waals surface area contributed by atoms with Gasteiger partial charge >= 0.3 is 0 Å². The molecule has 5 aromatic carbocycles. The van der Waals surface area contributed by atoms with Crippen molar-refractivity contribution in [2.24, 2.45) is 0 Å². The van der Waals surface area contributed by atoms with Gasteiger partial charge in [-0.05, 0) is 62.9 Å². The van der Waals surface area contributed by atoms with Crippen LogP contribution in [0.4, 0.5) is 0 Å². The highest BCUT2D eigenvalue weighted by Crippen LogP contribution is 2.40. The SMILES string of the molecule is Cc1cccc(-c2ccc3ccc4c(C)ccc5ccc2c3c54)c1. The highest BCUT2D eigenvalue weighted by atomic mass is 14.2. The van der Waals surface area contributed by atoms with E-state index in [2.05, 4.69) is 86.6 Å². The maximum absolute atomic E-state index is 2.29. The van der Waals surface area contributed by atoms with Crippen LogP contribution in [-0.2, 0) is 0 Å². The first-order valence-corrected chi connectivity index (χ1v) is 8.46. The molecule has 0 atom stereocenters. The van der Waals surface area contributed by atoms with Crippen LogP contribution >= 0.6 is 0 Å². The minimum Gasteiger partial charge on any atom is -0.0614 e. The molecule has 114 valence electrons. The lowest BCUT2D eigenvalue weighted by Gasteiger charge is -2.15. The van der Waals surface area contributed by atoms with Crippen molar-refractivity contribution in [2.75, 3.05) is 0 Å². The number of aryl methyl sites for hydroxylation is 2. The van der Waals surface area contributed by atoms with Crippen molar-refractivity contribution in [3.8, 4) is 11.1 Å². The van der Waals surface area contributed by atoms with Gasteiger partial charge in [-0.3, -0.25) is 0 Å². The first kappa shape index (κ1) is 13.6. The third-order valence-corrected chi connectivity index (χ3v) is 5.21. The van der Waals surface area contributed by atoms with Crippen molar-refractivity contribution < 1.29 is 0 Å². The zero-order valence-corrected chi connectivity index (χ0v) is 13.9. The quantitative estimate of drug-likeness (QED) is 0.296. The Balaban J connectivity index is 1.99. The molecule has 0 aliphatic carbocycles. The van der Waals surface area contributed by atoms with Crippen LogP contribution in [0.3, 0.4) is 0 Å². The molecule has 0 bridgehead atoms. The largest absolute Gasteiger partial charge is 0.0614 e. The second-order valence-corrected chi connectivity index (χ2v) is 6.79. The molecule has 0 aromatic heterocycles. The van der Waals surface area contributed by atoms with Gasteiger partial charge in [-0.2, -0.15) is 0 Å². The topological polar surface area (TPSA) is 0 Å². The van der Waals surface area contributed by atoms with Crippen molar-refractivity contribution in [3.05, 3.63) is 83.9 Å². The van der Waals surface area contributed by atoms with E-state index in [1.165, 1.54) is 54.6 Å². The number of hydrogen-bond donors (Lipinski definition) is 0. The lowest BCUT2D eigenvalue weighted by Crippen LogP contribution is -1.88. The van der Waals surface area contributed by atoms with Crippen LogP contribution in [0.2, 0.25) is 0 Å². The molecule has 0 saturated heterocycles. The summed E-state index contributed by atoms with van der Waals surface area (Å²) in [5.41, 5.74) is 5.26. The van der Waals surface area contributed by atoms with Gasteiger partial charge in [-0.25, -0.2) is 0 Å². The molecule has 0 fully saturated rings. The number of benzene rings is 5. The first-order chi connectivity index (χ1) is 11.7. The first-order valence-electron chi connectivity index (χ1n) is 8.46. The van der Waals surface area contributed by atoms with Gasteiger partial charge in [0, 0.05) is 0 Å². The van der Waals surface area contributed by atoms with E-state index >= 15 is 0 Å². The van der Waals surface area contributed by atoms with Gasteiger partial charge < -0.3 is 0 Å². The molecular weight excluding hydrogens is 288 g/mol. The summed E-state index contributed by atoms with van der Waals surface area (Å²) in [5, 5.41) is 8.17. The fourth-order valence-corrected chi connectivity index (χ4v) is 4.01. The summed E-state index contributed by atoms with van der Waals surface area (Å²) in [4.78, 5) is 0. The fraction of sp³-hybridized carbons (Fsp3) is 0.0833. The van der Waals surface area contributed by atoms with E-state index in [-0.39, 0.29) is 0 Å². The van der Waals surface area contributed by atoms with Crippen LogP contribution in [-0.4, -0.2) is 0 Å². The van der Waals surface area contributed by atoms with Crippen molar-refractivity contribution in [2.45, 2.75) is 13.8 Å². The van der Waals surface area contributed by atoms with Crippen molar-refractivity contribution in [1.29, 1.82) is 0 Å². The Morgan fingerprint density at radius 2 is 1.25 bits per heavy atom. The van der Waals surface area contributed by atoms with Gasteiger partial charge in [0.1, 0.15) is 0 Å². The molecule has 0 N–H and O–H groups in total. The van der Waals surface area contributed by atoms with Crippen LogP contribution in [0, 0.1) is 13.8 Å². The smallest absolute Gasteiger partial charge is 0.00205 e. The summed E-state index contributed by atoms with van der Waals surface area (Å²) in [5.74, 6) is 0. The monoisotopic (exact) mass is 306 g/mol.